The van der Waals surface area contributed by atoms with E-state index in [2.05, 4.69) is 5.43 Å². The molecule has 0 spiro atoms. The van der Waals surface area contributed by atoms with Gasteiger partial charge in [0.2, 0.25) is 0 Å². The van der Waals surface area contributed by atoms with Crippen LogP contribution in [0.1, 0.15) is 15.9 Å². The summed E-state index contributed by atoms with van der Waals surface area (Å²) in [5.41, 5.74) is 3.60. The van der Waals surface area contributed by atoms with Gasteiger partial charge in [0, 0.05) is 24.4 Å². The highest BCUT2D eigenvalue weighted by atomic mass is 32.2. The summed E-state index contributed by atoms with van der Waals surface area (Å²) in [6.07, 6.45) is 0. The summed E-state index contributed by atoms with van der Waals surface area (Å²) in [5, 5.41) is 0.119. The number of rotatable bonds is 3. The van der Waals surface area contributed by atoms with Gasteiger partial charge in [-0.05, 0) is 17.7 Å². The molecule has 1 aromatic rings. The predicted molar refractivity (Wildman–Crippen MR) is 66.4 cm³/mol. The second-order valence-corrected chi connectivity index (χ2v) is 4.75. The standard InChI is InChI=1S/C11H13N3O2S/c12-13-10(15)9-3-1-8(2-4-9)7-14-5-6-17-11(14)16/h1-4H,5-7,12H2,(H,13,15). The molecule has 1 aliphatic rings. The second-order valence-electron chi connectivity index (χ2n) is 3.71. The summed E-state index contributed by atoms with van der Waals surface area (Å²) in [5.74, 6) is 5.58. The van der Waals surface area contributed by atoms with Crippen LogP contribution in [0.2, 0.25) is 0 Å². The lowest BCUT2D eigenvalue weighted by Crippen LogP contribution is -2.30. The zero-order valence-electron chi connectivity index (χ0n) is 9.18. The maximum atomic E-state index is 11.4. The third kappa shape index (κ3) is 2.78. The molecule has 1 aliphatic heterocycles. The quantitative estimate of drug-likeness (QED) is 0.476. The van der Waals surface area contributed by atoms with Crippen molar-refractivity contribution < 1.29 is 9.59 Å². The highest BCUT2D eigenvalue weighted by Gasteiger charge is 2.20. The van der Waals surface area contributed by atoms with Crippen LogP contribution >= 0.6 is 11.8 Å². The predicted octanol–water partition coefficient (Wildman–Crippen LogP) is 0.959. The van der Waals surface area contributed by atoms with Crippen LogP contribution in [0, 0.1) is 0 Å². The minimum absolute atomic E-state index is 0.119. The van der Waals surface area contributed by atoms with Gasteiger partial charge in [-0.1, -0.05) is 23.9 Å². The van der Waals surface area contributed by atoms with Crippen molar-refractivity contribution in [3.05, 3.63) is 35.4 Å². The molecule has 2 amide bonds. The minimum atomic E-state index is -0.315. The first-order valence-electron chi connectivity index (χ1n) is 5.22. The molecule has 17 heavy (non-hydrogen) atoms. The van der Waals surface area contributed by atoms with E-state index in [1.165, 1.54) is 11.8 Å². The van der Waals surface area contributed by atoms with Crippen molar-refractivity contribution in [3.63, 3.8) is 0 Å². The number of nitrogens with zero attached hydrogens (tertiary/aromatic N) is 1. The summed E-state index contributed by atoms with van der Waals surface area (Å²) in [7, 11) is 0. The van der Waals surface area contributed by atoms with Crippen LogP contribution in [0.5, 0.6) is 0 Å². The second kappa shape index (κ2) is 5.20. The van der Waals surface area contributed by atoms with Crippen molar-refractivity contribution in [2.45, 2.75) is 6.54 Å². The monoisotopic (exact) mass is 251 g/mol. The van der Waals surface area contributed by atoms with Crippen LogP contribution < -0.4 is 11.3 Å². The number of hydrogen-bond acceptors (Lipinski definition) is 4. The SMILES string of the molecule is NNC(=O)c1ccc(CN2CCSC2=O)cc1. The summed E-state index contributed by atoms with van der Waals surface area (Å²) in [6.45, 7) is 1.38. The molecule has 1 heterocycles. The van der Waals surface area contributed by atoms with Crippen molar-refractivity contribution in [2.75, 3.05) is 12.3 Å². The third-order valence-electron chi connectivity index (χ3n) is 2.57. The van der Waals surface area contributed by atoms with Gasteiger partial charge in [-0.15, -0.1) is 0 Å². The van der Waals surface area contributed by atoms with Crippen LogP contribution in [0.3, 0.4) is 0 Å². The van der Waals surface area contributed by atoms with Crippen molar-refractivity contribution in [3.8, 4) is 0 Å². The Labute approximate surface area is 103 Å². The molecular weight excluding hydrogens is 238 g/mol. The van der Waals surface area contributed by atoms with Gasteiger partial charge in [0.05, 0.1) is 0 Å². The zero-order valence-corrected chi connectivity index (χ0v) is 10.00. The molecule has 0 bridgehead atoms. The number of nitrogens with two attached hydrogens (primary N) is 1. The molecule has 5 nitrogen and oxygen atoms in total. The molecule has 0 unspecified atom stereocenters. The lowest BCUT2D eigenvalue weighted by atomic mass is 10.1. The number of nitrogen functional groups attached to an aromatic ring is 1. The molecule has 0 aromatic heterocycles. The molecule has 1 saturated heterocycles. The molecule has 0 radical (unpaired) electrons. The number of carbonyl (C=O) groups is 2. The summed E-state index contributed by atoms with van der Waals surface area (Å²) < 4.78 is 0. The molecule has 0 atom stereocenters. The van der Waals surface area contributed by atoms with E-state index in [0.717, 1.165) is 17.9 Å². The largest absolute Gasteiger partial charge is 0.328 e. The maximum absolute atomic E-state index is 11.4. The Hall–Kier alpha value is -1.53. The molecule has 90 valence electrons. The average molecular weight is 251 g/mol. The Morgan fingerprint density at radius 3 is 2.65 bits per heavy atom. The Morgan fingerprint density at radius 2 is 2.12 bits per heavy atom. The number of hydrazine groups is 1. The van der Waals surface area contributed by atoms with E-state index in [9.17, 15) is 9.59 Å². The first-order valence-corrected chi connectivity index (χ1v) is 6.21. The first-order chi connectivity index (χ1) is 8.20. The van der Waals surface area contributed by atoms with Crippen molar-refractivity contribution in [2.24, 2.45) is 5.84 Å². The van der Waals surface area contributed by atoms with E-state index in [0.29, 0.717) is 12.1 Å². The van der Waals surface area contributed by atoms with Gasteiger partial charge in [0.1, 0.15) is 0 Å². The Morgan fingerprint density at radius 1 is 1.41 bits per heavy atom. The average Bonchev–Trinajstić information content (AvgIpc) is 2.75. The van der Waals surface area contributed by atoms with E-state index in [-0.39, 0.29) is 11.1 Å². The van der Waals surface area contributed by atoms with Crippen molar-refractivity contribution in [1.82, 2.24) is 10.3 Å². The lowest BCUT2D eigenvalue weighted by molar-refractivity contribution is 0.0953. The highest BCUT2D eigenvalue weighted by Crippen LogP contribution is 2.19. The molecule has 2 rings (SSSR count). The number of benzene rings is 1. The van der Waals surface area contributed by atoms with E-state index in [1.54, 1.807) is 17.0 Å². The number of thioether (sulfide) groups is 1. The van der Waals surface area contributed by atoms with Gasteiger partial charge in [-0.25, -0.2) is 5.84 Å². The molecule has 1 aromatic carbocycles. The third-order valence-corrected chi connectivity index (χ3v) is 3.46. The minimum Gasteiger partial charge on any atom is -0.328 e. The van der Waals surface area contributed by atoms with Gasteiger partial charge in [-0.3, -0.25) is 15.0 Å². The fraction of sp³-hybridized carbons (Fsp3) is 0.273. The Kier molecular flexibility index (Phi) is 3.65. The number of nitrogens with one attached hydrogen (secondary N) is 1. The fourth-order valence-electron chi connectivity index (χ4n) is 1.63. The molecule has 0 aliphatic carbocycles. The normalized spacial score (nSPS) is 15.1. The molecular formula is C11H13N3O2S. The Bertz CT molecular complexity index is 433. The fourth-order valence-corrected chi connectivity index (χ4v) is 2.46. The van der Waals surface area contributed by atoms with Crippen molar-refractivity contribution >= 4 is 22.9 Å². The van der Waals surface area contributed by atoms with Gasteiger partial charge in [0.15, 0.2) is 0 Å². The van der Waals surface area contributed by atoms with E-state index in [1.807, 2.05) is 12.1 Å². The topological polar surface area (TPSA) is 75.4 Å². The van der Waals surface area contributed by atoms with E-state index in [4.69, 9.17) is 5.84 Å². The summed E-state index contributed by atoms with van der Waals surface area (Å²) in [6, 6.07) is 7.07. The van der Waals surface area contributed by atoms with Gasteiger partial charge >= 0.3 is 0 Å². The molecule has 6 heteroatoms. The number of amides is 2. The number of carbonyl (C=O) groups excluding carboxylic acids is 2. The first kappa shape index (κ1) is 11.9. The molecule has 1 fully saturated rings. The zero-order chi connectivity index (χ0) is 12.3. The van der Waals surface area contributed by atoms with Crippen LogP contribution in [0.25, 0.3) is 0 Å². The van der Waals surface area contributed by atoms with Gasteiger partial charge < -0.3 is 4.90 Å². The summed E-state index contributed by atoms with van der Waals surface area (Å²) >= 11 is 1.34. The molecule has 3 N–H and O–H groups in total. The van der Waals surface area contributed by atoms with Gasteiger partial charge in [-0.2, -0.15) is 0 Å². The molecule has 0 saturated carbocycles. The van der Waals surface area contributed by atoms with Crippen LogP contribution in [0.4, 0.5) is 4.79 Å². The maximum Gasteiger partial charge on any atom is 0.282 e. The Balaban J connectivity index is 2.03. The number of hydrogen-bond donors (Lipinski definition) is 2. The summed E-state index contributed by atoms with van der Waals surface area (Å²) in [4.78, 5) is 24.4. The van der Waals surface area contributed by atoms with Gasteiger partial charge in [0.25, 0.3) is 11.1 Å². The van der Waals surface area contributed by atoms with Crippen LogP contribution in [0.15, 0.2) is 24.3 Å². The lowest BCUT2D eigenvalue weighted by Gasteiger charge is -2.14. The van der Waals surface area contributed by atoms with E-state index >= 15 is 0 Å². The highest BCUT2D eigenvalue weighted by molar-refractivity contribution is 8.13. The van der Waals surface area contributed by atoms with E-state index < -0.39 is 0 Å². The van der Waals surface area contributed by atoms with Crippen LogP contribution in [-0.2, 0) is 6.54 Å². The van der Waals surface area contributed by atoms with Crippen LogP contribution in [-0.4, -0.2) is 28.3 Å². The van der Waals surface area contributed by atoms with Crippen molar-refractivity contribution in [1.29, 1.82) is 0 Å². The smallest absolute Gasteiger partial charge is 0.282 e.